The molecule has 1 fully saturated rings. The van der Waals surface area contributed by atoms with Gasteiger partial charge in [0.05, 0.1) is 5.92 Å². The van der Waals surface area contributed by atoms with Crippen LogP contribution in [0.25, 0.3) is 0 Å². The van der Waals surface area contributed by atoms with E-state index < -0.39 is 11.9 Å². The number of benzene rings is 2. The summed E-state index contributed by atoms with van der Waals surface area (Å²) in [4.78, 5) is 39.0. The quantitative estimate of drug-likeness (QED) is 0.685. The third-order valence-electron chi connectivity index (χ3n) is 5.59. The third kappa shape index (κ3) is 5.32. The largest absolute Gasteiger partial charge is 0.455 e. The van der Waals surface area contributed by atoms with E-state index in [1.165, 1.54) is 0 Å². The molecule has 0 aliphatic carbocycles. The molecule has 0 unspecified atom stereocenters. The van der Waals surface area contributed by atoms with E-state index in [2.05, 4.69) is 5.32 Å². The molecule has 0 radical (unpaired) electrons. The van der Waals surface area contributed by atoms with Crippen LogP contribution in [-0.4, -0.2) is 30.9 Å². The summed E-state index contributed by atoms with van der Waals surface area (Å²) in [5.41, 5.74) is 5.80. The number of ether oxygens (including phenoxy) is 1. The van der Waals surface area contributed by atoms with Crippen LogP contribution in [0.1, 0.15) is 42.5 Å². The van der Waals surface area contributed by atoms with Gasteiger partial charge in [0.15, 0.2) is 6.61 Å². The SMILES string of the molecule is CCc1cccc(CC)c1NC(=O)COC(=O)[C@H]1CC(=O)N(c2cc(C)cc(C)c2)C1. The van der Waals surface area contributed by atoms with Crippen molar-refractivity contribution in [3.05, 3.63) is 58.7 Å². The highest BCUT2D eigenvalue weighted by Gasteiger charge is 2.36. The molecule has 2 amide bonds. The average molecular weight is 423 g/mol. The number of rotatable bonds is 7. The van der Waals surface area contributed by atoms with E-state index in [0.29, 0.717) is 0 Å². The van der Waals surface area contributed by atoms with Crippen LogP contribution in [-0.2, 0) is 32.0 Å². The molecule has 1 atom stereocenters. The summed E-state index contributed by atoms with van der Waals surface area (Å²) in [5, 5.41) is 2.89. The minimum absolute atomic E-state index is 0.0894. The first-order valence-corrected chi connectivity index (χ1v) is 10.8. The highest BCUT2D eigenvalue weighted by Crippen LogP contribution is 2.28. The van der Waals surface area contributed by atoms with Gasteiger partial charge in [-0.2, -0.15) is 0 Å². The van der Waals surface area contributed by atoms with Gasteiger partial charge < -0.3 is 15.0 Å². The second kappa shape index (κ2) is 9.77. The van der Waals surface area contributed by atoms with E-state index in [9.17, 15) is 14.4 Å². The van der Waals surface area contributed by atoms with Gasteiger partial charge in [-0.15, -0.1) is 0 Å². The number of anilines is 2. The van der Waals surface area contributed by atoms with Crippen molar-refractivity contribution in [2.75, 3.05) is 23.4 Å². The summed E-state index contributed by atoms with van der Waals surface area (Å²) in [6.45, 7) is 7.91. The van der Waals surface area contributed by atoms with Gasteiger partial charge in [-0.1, -0.05) is 38.1 Å². The molecule has 1 aliphatic heterocycles. The van der Waals surface area contributed by atoms with Crippen LogP contribution in [0.5, 0.6) is 0 Å². The zero-order valence-electron chi connectivity index (χ0n) is 18.7. The Bertz CT molecular complexity index is 957. The number of para-hydroxylation sites is 1. The van der Waals surface area contributed by atoms with Crippen LogP contribution in [0.15, 0.2) is 36.4 Å². The molecule has 1 N–H and O–H groups in total. The van der Waals surface area contributed by atoms with Crippen molar-refractivity contribution in [3.8, 4) is 0 Å². The van der Waals surface area contributed by atoms with Gasteiger partial charge in [0, 0.05) is 24.3 Å². The molecule has 6 nitrogen and oxygen atoms in total. The predicted octanol–water partition coefficient (Wildman–Crippen LogP) is 3.96. The van der Waals surface area contributed by atoms with Gasteiger partial charge in [-0.25, -0.2) is 0 Å². The molecular weight excluding hydrogens is 392 g/mol. The Hall–Kier alpha value is -3.15. The van der Waals surface area contributed by atoms with Crippen LogP contribution in [0.3, 0.4) is 0 Å². The molecule has 164 valence electrons. The lowest BCUT2D eigenvalue weighted by Crippen LogP contribution is -2.28. The minimum atomic E-state index is -0.574. The fraction of sp³-hybridized carbons (Fsp3) is 0.400. The van der Waals surface area contributed by atoms with Crippen LogP contribution in [0, 0.1) is 19.8 Å². The third-order valence-corrected chi connectivity index (χ3v) is 5.59. The Labute approximate surface area is 183 Å². The predicted molar refractivity (Wildman–Crippen MR) is 121 cm³/mol. The number of nitrogens with zero attached hydrogens (tertiary/aromatic N) is 1. The molecule has 1 saturated heterocycles. The summed E-state index contributed by atoms with van der Waals surface area (Å²) in [5.74, 6) is -1.58. The van der Waals surface area contributed by atoms with Crippen molar-refractivity contribution < 1.29 is 19.1 Å². The normalized spacial score (nSPS) is 15.8. The van der Waals surface area contributed by atoms with Gasteiger partial charge in [0.25, 0.3) is 5.91 Å². The highest BCUT2D eigenvalue weighted by atomic mass is 16.5. The van der Waals surface area contributed by atoms with Crippen molar-refractivity contribution >= 4 is 29.2 Å². The Morgan fingerprint density at radius 3 is 2.26 bits per heavy atom. The number of esters is 1. The van der Waals surface area contributed by atoms with E-state index in [4.69, 9.17) is 4.74 Å². The lowest BCUT2D eigenvalue weighted by atomic mass is 10.0. The molecule has 2 aromatic rings. The number of aryl methyl sites for hydroxylation is 4. The second-order valence-corrected chi connectivity index (χ2v) is 8.07. The first kappa shape index (κ1) is 22.5. The lowest BCUT2D eigenvalue weighted by Gasteiger charge is -2.18. The summed E-state index contributed by atoms with van der Waals surface area (Å²) >= 11 is 0. The Balaban J connectivity index is 1.59. The van der Waals surface area contributed by atoms with E-state index in [-0.39, 0.29) is 31.4 Å². The van der Waals surface area contributed by atoms with Crippen molar-refractivity contribution in [2.24, 2.45) is 5.92 Å². The number of amides is 2. The molecule has 0 aromatic heterocycles. The maximum atomic E-state index is 12.5. The summed E-state index contributed by atoms with van der Waals surface area (Å²) in [6.07, 6.45) is 1.68. The first-order chi connectivity index (χ1) is 14.8. The number of carbonyl (C=O) groups excluding carboxylic acids is 3. The molecule has 1 aliphatic rings. The fourth-order valence-electron chi connectivity index (χ4n) is 4.05. The van der Waals surface area contributed by atoms with E-state index in [1.54, 1.807) is 4.90 Å². The van der Waals surface area contributed by atoms with E-state index in [0.717, 1.165) is 46.5 Å². The fourth-order valence-corrected chi connectivity index (χ4v) is 4.05. The maximum absolute atomic E-state index is 12.5. The van der Waals surface area contributed by atoms with Gasteiger partial charge in [-0.3, -0.25) is 14.4 Å². The summed E-state index contributed by atoms with van der Waals surface area (Å²) in [7, 11) is 0. The zero-order valence-corrected chi connectivity index (χ0v) is 18.7. The standard InChI is InChI=1S/C25H30N2O4/c1-5-18-8-7-9-19(6-2)24(18)26-22(28)15-31-25(30)20-13-23(29)27(14-20)21-11-16(3)10-17(4)12-21/h7-12,20H,5-6,13-15H2,1-4H3,(H,26,28)/t20-/m0/s1. The van der Waals surface area contributed by atoms with Crippen molar-refractivity contribution in [1.82, 2.24) is 0 Å². The topological polar surface area (TPSA) is 75.7 Å². The Kier molecular flexibility index (Phi) is 7.10. The van der Waals surface area contributed by atoms with Gasteiger partial charge >= 0.3 is 5.97 Å². The van der Waals surface area contributed by atoms with Gasteiger partial charge in [0.2, 0.25) is 5.91 Å². The molecule has 3 rings (SSSR count). The lowest BCUT2D eigenvalue weighted by molar-refractivity contribution is -0.151. The molecule has 31 heavy (non-hydrogen) atoms. The molecule has 1 heterocycles. The average Bonchev–Trinajstić information content (AvgIpc) is 3.13. The smallest absolute Gasteiger partial charge is 0.311 e. The molecule has 0 bridgehead atoms. The van der Waals surface area contributed by atoms with Crippen molar-refractivity contribution in [3.63, 3.8) is 0 Å². The Morgan fingerprint density at radius 2 is 1.68 bits per heavy atom. The number of hydrogen-bond donors (Lipinski definition) is 1. The van der Waals surface area contributed by atoms with Crippen LogP contribution in [0.2, 0.25) is 0 Å². The number of hydrogen-bond acceptors (Lipinski definition) is 4. The van der Waals surface area contributed by atoms with E-state index in [1.807, 2.05) is 64.1 Å². The van der Waals surface area contributed by atoms with E-state index >= 15 is 0 Å². The number of carbonyl (C=O) groups is 3. The monoisotopic (exact) mass is 422 g/mol. The highest BCUT2D eigenvalue weighted by molar-refractivity contribution is 6.00. The zero-order chi connectivity index (χ0) is 22.5. The van der Waals surface area contributed by atoms with Gasteiger partial charge in [-0.05, 0) is 61.1 Å². The summed E-state index contributed by atoms with van der Waals surface area (Å²) < 4.78 is 5.26. The van der Waals surface area contributed by atoms with Gasteiger partial charge in [0.1, 0.15) is 0 Å². The van der Waals surface area contributed by atoms with Crippen LogP contribution >= 0.6 is 0 Å². The second-order valence-electron chi connectivity index (χ2n) is 8.07. The van der Waals surface area contributed by atoms with Crippen molar-refractivity contribution in [2.45, 2.75) is 47.0 Å². The first-order valence-electron chi connectivity index (χ1n) is 10.8. The molecule has 2 aromatic carbocycles. The number of nitrogens with one attached hydrogen (secondary N) is 1. The molecule has 0 spiro atoms. The van der Waals surface area contributed by atoms with Crippen molar-refractivity contribution in [1.29, 1.82) is 0 Å². The van der Waals surface area contributed by atoms with Crippen LogP contribution < -0.4 is 10.2 Å². The molecular formula is C25H30N2O4. The van der Waals surface area contributed by atoms with Crippen LogP contribution in [0.4, 0.5) is 11.4 Å². The maximum Gasteiger partial charge on any atom is 0.311 e. The summed E-state index contributed by atoms with van der Waals surface area (Å²) in [6, 6.07) is 11.8. The molecule has 6 heteroatoms. The Morgan fingerprint density at radius 1 is 1.06 bits per heavy atom. The minimum Gasteiger partial charge on any atom is -0.455 e. The molecule has 0 saturated carbocycles.